The molecule has 5 rings (SSSR count). The molecule has 4 heterocycles. The molecule has 2 aliphatic heterocycles. The standard InChI is InChI=1S/C21H25N5O2/c1-13(15-5-6-22-11-15)28-21-20-18(24-12-26(20)2)10-16(25-21)14-3-4-19-17(9-14)23-7-8-27-19/h3-4,9-10,12-13,15,22-23H,5-8,11H2,1-2H3/t13?,15-/m1/s1. The van der Waals surface area contributed by atoms with Crippen LogP contribution < -0.4 is 20.1 Å². The lowest BCUT2D eigenvalue weighted by Crippen LogP contribution is -2.26. The van der Waals surface area contributed by atoms with Crippen molar-refractivity contribution in [3.05, 3.63) is 30.6 Å². The van der Waals surface area contributed by atoms with Gasteiger partial charge in [-0.2, -0.15) is 0 Å². The number of nitrogens with one attached hydrogen (secondary N) is 2. The quantitative estimate of drug-likeness (QED) is 0.726. The maximum atomic E-state index is 6.37. The first-order valence-corrected chi connectivity index (χ1v) is 9.89. The van der Waals surface area contributed by atoms with Gasteiger partial charge in [-0.05, 0) is 44.2 Å². The largest absolute Gasteiger partial charge is 0.490 e. The van der Waals surface area contributed by atoms with Crippen LogP contribution in [0.1, 0.15) is 13.3 Å². The number of pyridine rings is 1. The predicted molar refractivity (Wildman–Crippen MR) is 109 cm³/mol. The molecule has 2 N–H and O–H groups in total. The average molecular weight is 379 g/mol. The summed E-state index contributed by atoms with van der Waals surface area (Å²) < 4.78 is 14.0. The molecule has 0 aliphatic carbocycles. The predicted octanol–water partition coefficient (Wildman–Crippen LogP) is 2.82. The number of nitrogens with zero attached hydrogens (tertiary/aromatic N) is 3. The fraction of sp³-hybridized carbons (Fsp3) is 0.429. The first kappa shape index (κ1) is 17.3. The van der Waals surface area contributed by atoms with Gasteiger partial charge in [-0.3, -0.25) is 0 Å². The van der Waals surface area contributed by atoms with E-state index in [1.165, 1.54) is 0 Å². The van der Waals surface area contributed by atoms with Crippen LogP contribution in [0.4, 0.5) is 5.69 Å². The summed E-state index contributed by atoms with van der Waals surface area (Å²) in [4.78, 5) is 9.44. The molecule has 0 saturated carbocycles. The first-order chi connectivity index (χ1) is 13.7. The molecule has 1 fully saturated rings. The van der Waals surface area contributed by atoms with Crippen molar-refractivity contribution in [2.24, 2.45) is 13.0 Å². The molecule has 0 radical (unpaired) electrons. The van der Waals surface area contributed by atoms with Gasteiger partial charge < -0.3 is 24.7 Å². The molecule has 28 heavy (non-hydrogen) atoms. The lowest BCUT2D eigenvalue weighted by atomic mass is 10.0. The van der Waals surface area contributed by atoms with Crippen LogP contribution in [0.5, 0.6) is 11.6 Å². The third kappa shape index (κ3) is 3.05. The van der Waals surface area contributed by atoms with Gasteiger partial charge in [0.25, 0.3) is 0 Å². The summed E-state index contributed by atoms with van der Waals surface area (Å²) in [6.45, 7) is 5.68. The molecule has 2 aliphatic rings. The van der Waals surface area contributed by atoms with Crippen molar-refractivity contribution < 1.29 is 9.47 Å². The van der Waals surface area contributed by atoms with E-state index in [0.717, 1.165) is 59.8 Å². The van der Waals surface area contributed by atoms with Crippen LogP contribution in [0.15, 0.2) is 30.6 Å². The van der Waals surface area contributed by atoms with Gasteiger partial charge in [-0.15, -0.1) is 0 Å². The van der Waals surface area contributed by atoms with E-state index in [9.17, 15) is 0 Å². The van der Waals surface area contributed by atoms with Crippen molar-refractivity contribution in [2.45, 2.75) is 19.4 Å². The Morgan fingerprint density at radius 3 is 3.07 bits per heavy atom. The summed E-state index contributed by atoms with van der Waals surface area (Å²) >= 11 is 0. The van der Waals surface area contributed by atoms with Crippen LogP contribution >= 0.6 is 0 Å². The third-order valence-electron chi connectivity index (χ3n) is 5.67. The second-order valence-electron chi connectivity index (χ2n) is 7.60. The van der Waals surface area contributed by atoms with Crippen molar-refractivity contribution in [2.75, 3.05) is 31.6 Å². The summed E-state index contributed by atoms with van der Waals surface area (Å²) in [6.07, 6.45) is 3.04. The minimum atomic E-state index is 0.0921. The van der Waals surface area contributed by atoms with E-state index in [4.69, 9.17) is 14.5 Å². The number of hydrogen-bond donors (Lipinski definition) is 2. The highest BCUT2D eigenvalue weighted by molar-refractivity contribution is 5.85. The van der Waals surface area contributed by atoms with Crippen molar-refractivity contribution in [1.82, 2.24) is 19.9 Å². The zero-order chi connectivity index (χ0) is 19.1. The van der Waals surface area contributed by atoms with Gasteiger partial charge in [0.05, 0.1) is 23.2 Å². The van der Waals surface area contributed by atoms with Crippen molar-refractivity contribution in [3.63, 3.8) is 0 Å². The first-order valence-electron chi connectivity index (χ1n) is 9.89. The van der Waals surface area contributed by atoms with E-state index in [1.807, 2.05) is 36.1 Å². The number of rotatable bonds is 4. The number of ether oxygens (including phenoxy) is 2. The molecule has 7 heteroatoms. The van der Waals surface area contributed by atoms with E-state index in [2.05, 4.69) is 28.6 Å². The monoisotopic (exact) mass is 379 g/mol. The number of fused-ring (bicyclic) bond motifs is 2. The number of benzene rings is 1. The zero-order valence-corrected chi connectivity index (χ0v) is 16.2. The molecule has 2 aromatic heterocycles. The smallest absolute Gasteiger partial charge is 0.241 e. The molecule has 146 valence electrons. The van der Waals surface area contributed by atoms with Crippen molar-refractivity contribution in [3.8, 4) is 22.9 Å². The van der Waals surface area contributed by atoms with Crippen LogP contribution in [0, 0.1) is 5.92 Å². The summed E-state index contributed by atoms with van der Waals surface area (Å²) in [5, 5.41) is 6.80. The van der Waals surface area contributed by atoms with Gasteiger partial charge in [0.1, 0.15) is 24.0 Å². The molecule has 3 aromatic rings. The Kier molecular flexibility index (Phi) is 4.31. The normalized spacial score (nSPS) is 19.7. The van der Waals surface area contributed by atoms with Gasteiger partial charge in [-0.25, -0.2) is 9.97 Å². The van der Waals surface area contributed by atoms with Gasteiger partial charge in [0, 0.05) is 31.6 Å². The maximum Gasteiger partial charge on any atom is 0.241 e. The summed E-state index contributed by atoms with van der Waals surface area (Å²) in [7, 11) is 1.98. The fourth-order valence-electron chi connectivity index (χ4n) is 4.02. The Bertz CT molecular complexity index is 1010. The Labute approximate surface area is 164 Å². The number of anilines is 1. The highest BCUT2D eigenvalue weighted by atomic mass is 16.5. The SMILES string of the molecule is CC(Oc1nc(-c2ccc3c(c2)NCCO3)cc2ncn(C)c12)[C@@H]1CCNC1. The van der Waals surface area contributed by atoms with Crippen molar-refractivity contribution >= 4 is 16.7 Å². The Morgan fingerprint density at radius 1 is 1.29 bits per heavy atom. The fourth-order valence-corrected chi connectivity index (χ4v) is 4.02. The lowest BCUT2D eigenvalue weighted by molar-refractivity contribution is 0.156. The topological polar surface area (TPSA) is 73.2 Å². The summed E-state index contributed by atoms with van der Waals surface area (Å²) in [6, 6.07) is 8.14. The minimum absolute atomic E-state index is 0.0921. The molecule has 0 amide bonds. The molecular formula is C21H25N5O2. The Morgan fingerprint density at radius 2 is 2.21 bits per heavy atom. The molecular weight excluding hydrogens is 354 g/mol. The summed E-state index contributed by atoms with van der Waals surface area (Å²) in [5.74, 6) is 2.03. The Balaban J connectivity index is 1.55. The Hall–Kier alpha value is -2.80. The third-order valence-corrected chi connectivity index (χ3v) is 5.67. The number of aromatic nitrogens is 3. The van der Waals surface area contributed by atoms with Crippen LogP contribution in [-0.4, -0.2) is 46.9 Å². The van der Waals surface area contributed by atoms with Crippen LogP contribution in [-0.2, 0) is 7.05 Å². The average Bonchev–Trinajstić information content (AvgIpc) is 3.38. The number of imidazole rings is 1. The second-order valence-corrected chi connectivity index (χ2v) is 7.60. The number of aryl methyl sites for hydroxylation is 1. The molecule has 7 nitrogen and oxygen atoms in total. The van der Waals surface area contributed by atoms with Gasteiger partial charge >= 0.3 is 0 Å². The lowest BCUT2D eigenvalue weighted by Gasteiger charge is -2.21. The van der Waals surface area contributed by atoms with Crippen molar-refractivity contribution in [1.29, 1.82) is 0 Å². The van der Waals surface area contributed by atoms with E-state index in [1.54, 1.807) is 0 Å². The summed E-state index contributed by atoms with van der Waals surface area (Å²) in [5.41, 5.74) is 4.69. The molecule has 1 aromatic carbocycles. The van der Waals surface area contributed by atoms with E-state index in [-0.39, 0.29) is 6.10 Å². The minimum Gasteiger partial charge on any atom is -0.490 e. The highest BCUT2D eigenvalue weighted by Gasteiger charge is 2.25. The van der Waals surface area contributed by atoms with Gasteiger partial charge in [-0.1, -0.05) is 0 Å². The highest BCUT2D eigenvalue weighted by Crippen LogP contribution is 2.35. The molecule has 2 atom stereocenters. The van der Waals surface area contributed by atoms with Crippen LogP contribution in [0.25, 0.3) is 22.3 Å². The molecule has 1 unspecified atom stereocenters. The van der Waals surface area contributed by atoms with Gasteiger partial charge in [0.2, 0.25) is 5.88 Å². The molecule has 0 spiro atoms. The number of hydrogen-bond acceptors (Lipinski definition) is 6. The zero-order valence-electron chi connectivity index (χ0n) is 16.2. The molecule has 1 saturated heterocycles. The van der Waals surface area contributed by atoms with E-state index >= 15 is 0 Å². The maximum absolute atomic E-state index is 6.37. The molecule has 0 bridgehead atoms. The van der Waals surface area contributed by atoms with Gasteiger partial charge in [0.15, 0.2) is 0 Å². The second kappa shape index (κ2) is 6.98. The van der Waals surface area contributed by atoms with Crippen LogP contribution in [0.3, 0.4) is 0 Å². The van der Waals surface area contributed by atoms with Crippen LogP contribution in [0.2, 0.25) is 0 Å². The van der Waals surface area contributed by atoms with E-state index in [0.29, 0.717) is 18.4 Å². The van der Waals surface area contributed by atoms with E-state index < -0.39 is 0 Å².